The summed E-state index contributed by atoms with van der Waals surface area (Å²) in [5, 5.41) is 9.92. The van der Waals surface area contributed by atoms with Crippen LogP contribution in [0.5, 0.6) is 11.5 Å². The number of phenols is 1. The summed E-state index contributed by atoms with van der Waals surface area (Å²) < 4.78 is 9.77. The first-order valence-corrected chi connectivity index (χ1v) is 11.4. The van der Waals surface area contributed by atoms with Crippen LogP contribution in [0.3, 0.4) is 0 Å². The molecule has 5 heteroatoms. The van der Waals surface area contributed by atoms with Crippen molar-refractivity contribution < 1.29 is 9.84 Å². The molecule has 2 heterocycles. The second-order valence-electron chi connectivity index (χ2n) is 8.31. The number of hydrogen-bond donors (Lipinski definition) is 1. The molecule has 170 valence electrons. The lowest BCUT2D eigenvalue weighted by molar-refractivity contribution is 0.415. The third kappa shape index (κ3) is 3.63. The second kappa shape index (κ2) is 8.54. The number of benzene rings is 4. The Labute approximate surface area is 203 Å². The van der Waals surface area contributed by atoms with E-state index in [1.165, 1.54) is 0 Å². The molecule has 0 bridgehead atoms. The van der Waals surface area contributed by atoms with Crippen molar-refractivity contribution in [3.05, 3.63) is 115 Å². The fraction of sp³-hybridized carbons (Fsp3) is 0.0333. The molecule has 0 saturated heterocycles. The highest BCUT2D eigenvalue weighted by Gasteiger charge is 2.22. The van der Waals surface area contributed by atoms with Crippen LogP contribution in [0.4, 0.5) is 0 Å². The Hall–Kier alpha value is -4.77. The first-order chi connectivity index (χ1) is 17.2. The molecule has 0 fully saturated rings. The molecule has 5 nitrogen and oxygen atoms in total. The normalized spacial score (nSPS) is 11.1. The lowest BCUT2D eigenvalue weighted by Crippen LogP contribution is -1.98. The van der Waals surface area contributed by atoms with Crippen molar-refractivity contribution in [1.29, 1.82) is 0 Å². The third-order valence-corrected chi connectivity index (χ3v) is 6.15. The van der Waals surface area contributed by atoms with Crippen molar-refractivity contribution in [2.24, 2.45) is 0 Å². The highest BCUT2D eigenvalue weighted by Crippen LogP contribution is 2.37. The van der Waals surface area contributed by atoms with Crippen molar-refractivity contribution in [1.82, 2.24) is 14.0 Å². The molecule has 0 radical (unpaired) electrons. The van der Waals surface area contributed by atoms with Crippen molar-refractivity contribution in [2.45, 2.75) is 0 Å². The summed E-state index contributed by atoms with van der Waals surface area (Å²) in [5.74, 6) is 1.79. The summed E-state index contributed by atoms with van der Waals surface area (Å²) in [6.45, 7) is 0. The zero-order valence-electron chi connectivity index (χ0n) is 19.2. The van der Waals surface area contributed by atoms with E-state index in [0.717, 1.165) is 51.0 Å². The molecular weight excluding hydrogens is 434 g/mol. The Morgan fingerprint density at radius 1 is 0.714 bits per heavy atom. The molecule has 2 aromatic heterocycles. The maximum absolute atomic E-state index is 9.92. The molecule has 0 aliphatic heterocycles. The van der Waals surface area contributed by atoms with Crippen LogP contribution >= 0.6 is 0 Å². The predicted octanol–water partition coefficient (Wildman–Crippen LogP) is 6.84. The lowest BCUT2D eigenvalue weighted by Gasteiger charge is -2.10. The summed E-state index contributed by atoms with van der Waals surface area (Å²) in [4.78, 5) is 5.18. The van der Waals surface area contributed by atoms with Gasteiger partial charge in [0.05, 0.1) is 24.2 Å². The fourth-order valence-corrected chi connectivity index (χ4v) is 4.50. The van der Waals surface area contributed by atoms with Crippen LogP contribution in [0.15, 0.2) is 115 Å². The molecule has 0 aliphatic rings. The third-order valence-electron chi connectivity index (χ3n) is 6.15. The minimum atomic E-state index is 0.221. The summed E-state index contributed by atoms with van der Waals surface area (Å²) in [6, 6.07) is 35.8. The number of aromatic nitrogens is 3. The molecule has 6 aromatic rings. The SMILES string of the molecule is COc1cccc(-c2cn3c(-c4ccccc4)c(-c4ccccc4)nc3n2-c2ccc(O)cc2)c1. The van der Waals surface area contributed by atoms with Crippen molar-refractivity contribution in [3.63, 3.8) is 0 Å². The van der Waals surface area contributed by atoms with Crippen molar-refractivity contribution >= 4 is 5.78 Å². The van der Waals surface area contributed by atoms with Crippen LogP contribution < -0.4 is 4.74 Å². The maximum atomic E-state index is 9.92. The number of methoxy groups -OCH3 is 1. The van der Waals surface area contributed by atoms with E-state index >= 15 is 0 Å². The molecule has 0 spiro atoms. The van der Waals surface area contributed by atoms with Gasteiger partial charge in [-0.2, -0.15) is 0 Å². The van der Waals surface area contributed by atoms with Crippen LogP contribution in [0.2, 0.25) is 0 Å². The summed E-state index contributed by atoms with van der Waals surface area (Å²) in [7, 11) is 1.67. The van der Waals surface area contributed by atoms with E-state index in [0.29, 0.717) is 0 Å². The van der Waals surface area contributed by atoms with Gasteiger partial charge < -0.3 is 9.84 Å². The van der Waals surface area contributed by atoms with E-state index in [9.17, 15) is 5.11 Å². The Morgan fingerprint density at radius 2 is 1.37 bits per heavy atom. The number of aromatic hydroxyl groups is 1. The standard InChI is InChI=1S/C30H23N3O2/c1-35-26-14-8-13-23(19-26)27-20-32-29(22-11-6-3-7-12-22)28(21-9-4-2-5-10-21)31-30(32)33(27)24-15-17-25(34)18-16-24/h2-20,34H,1H3. The Bertz CT molecular complexity index is 1620. The van der Waals surface area contributed by atoms with Crippen LogP contribution in [-0.4, -0.2) is 26.2 Å². The zero-order chi connectivity index (χ0) is 23.8. The molecule has 0 unspecified atom stereocenters. The highest BCUT2D eigenvalue weighted by molar-refractivity contribution is 5.83. The number of imidazole rings is 2. The molecule has 0 atom stereocenters. The van der Waals surface area contributed by atoms with E-state index < -0.39 is 0 Å². The number of nitrogens with zero attached hydrogens (tertiary/aromatic N) is 3. The van der Waals surface area contributed by atoms with Gasteiger partial charge >= 0.3 is 0 Å². The van der Waals surface area contributed by atoms with Crippen LogP contribution in [0.25, 0.3) is 45.2 Å². The molecule has 0 amide bonds. The topological polar surface area (TPSA) is 51.7 Å². The van der Waals surface area contributed by atoms with E-state index in [2.05, 4.69) is 45.5 Å². The Kier molecular flexibility index (Phi) is 5.08. The summed E-state index contributed by atoms with van der Waals surface area (Å²) in [5.41, 5.74) is 6.94. The molecule has 4 aromatic carbocycles. The first kappa shape index (κ1) is 20.8. The van der Waals surface area contributed by atoms with Gasteiger partial charge in [-0.3, -0.25) is 8.97 Å². The molecule has 0 saturated carbocycles. The minimum Gasteiger partial charge on any atom is -0.508 e. The second-order valence-corrected chi connectivity index (χ2v) is 8.31. The predicted molar refractivity (Wildman–Crippen MR) is 139 cm³/mol. The molecular formula is C30H23N3O2. The average Bonchev–Trinajstić information content (AvgIpc) is 3.47. The van der Waals surface area contributed by atoms with Gasteiger partial charge in [0.2, 0.25) is 5.78 Å². The summed E-state index contributed by atoms with van der Waals surface area (Å²) >= 11 is 0. The van der Waals surface area contributed by atoms with E-state index in [1.807, 2.05) is 66.7 Å². The molecule has 6 rings (SSSR count). The van der Waals surface area contributed by atoms with Gasteiger partial charge in [-0.05, 0) is 36.4 Å². The number of hydrogen-bond acceptors (Lipinski definition) is 3. The average molecular weight is 458 g/mol. The van der Waals surface area contributed by atoms with Gasteiger partial charge in [0.1, 0.15) is 11.5 Å². The van der Waals surface area contributed by atoms with E-state index in [1.54, 1.807) is 19.2 Å². The molecule has 35 heavy (non-hydrogen) atoms. The largest absolute Gasteiger partial charge is 0.508 e. The number of rotatable bonds is 5. The van der Waals surface area contributed by atoms with Crippen LogP contribution in [0.1, 0.15) is 0 Å². The van der Waals surface area contributed by atoms with Crippen LogP contribution in [-0.2, 0) is 0 Å². The summed E-state index contributed by atoms with van der Waals surface area (Å²) in [6.07, 6.45) is 2.12. The van der Waals surface area contributed by atoms with Gasteiger partial charge in [-0.25, -0.2) is 4.98 Å². The zero-order valence-corrected chi connectivity index (χ0v) is 19.2. The molecule has 1 N–H and O–H groups in total. The quantitative estimate of drug-likeness (QED) is 0.308. The van der Waals surface area contributed by atoms with E-state index in [-0.39, 0.29) is 5.75 Å². The van der Waals surface area contributed by atoms with E-state index in [4.69, 9.17) is 9.72 Å². The molecule has 0 aliphatic carbocycles. The lowest BCUT2D eigenvalue weighted by atomic mass is 10.0. The monoisotopic (exact) mass is 457 g/mol. The van der Waals surface area contributed by atoms with Crippen LogP contribution in [0, 0.1) is 0 Å². The highest BCUT2D eigenvalue weighted by atomic mass is 16.5. The minimum absolute atomic E-state index is 0.221. The Morgan fingerprint density at radius 3 is 2.06 bits per heavy atom. The van der Waals surface area contributed by atoms with Crippen molar-refractivity contribution in [2.75, 3.05) is 7.11 Å². The van der Waals surface area contributed by atoms with Gasteiger partial charge in [-0.1, -0.05) is 72.8 Å². The van der Waals surface area contributed by atoms with Gasteiger partial charge in [0.25, 0.3) is 0 Å². The fourth-order valence-electron chi connectivity index (χ4n) is 4.50. The first-order valence-electron chi connectivity index (χ1n) is 11.4. The smallest absolute Gasteiger partial charge is 0.220 e. The number of ether oxygens (including phenoxy) is 1. The maximum Gasteiger partial charge on any atom is 0.220 e. The number of phenolic OH excluding ortho intramolecular Hbond substituents is 1. The van der Waals surface area contributed by atoms with Gasteiger partial charge in [0, 0.05) is 28.6 Å². The van der Waals surface area contributed by atoms with Gasteiger partial charge in [-0.15, -0.1) is 0 Å². The Balaban J connectivity index is 1.71. The van der Waals surface area contributed by atoms with Gasteiger partial charge in [0.15, 0.2) is 0 Å². The van der Waals surface area contributed by atoms with Crippen molar-refractivity contribution in [3.8, 4) is 51.0 Å². The number of fused-ring (bicyclic) bond motifs is 1.